The molecule has 0 saturated carbocycles. The van der Waals surface area contributed by atoms with Gasteiger partial charge >= 0.3 is 0 Å². The largest absolute Gasteiger partial charge is 0.338 e. The summed E-state index contributed by atoms with van der Waals surface area (Å²) in [5, 5.41) is 4.08. The fourth-order valence-corrected chi connectivity index (χ4v) is 5.73. The average Bonchev–Trinajstić information content (AvgIpc) is 3.23. The zero-order valence-electron chi connectivity index (χ0n) is 15.9. The van der Waals surface area contributed by atoms with Gasteiger partial charge in [0.1, 0.15) is 4.21 Å². The molecule has 0 aliphatic carbocycles. The second-order valence-corrected chi connectivity index (χ2v) is 11.1. The number of rotatable bonds is 4. The van der Waals surface area contributed by atoms with Crippen LogP contribution in [0, 0.1) is 6.92 Å². The summed E-state index contributed by atoms with van der Waals surface area (Å²) in [6.45, 7) is 12.3. The molecular weight excluding hydrogens is 372 g/mol. The quantitative estimate of drug-likeness (QED) is 0.788. The molecule has 2 aromatic heterocycles. The van der Waals surface area contributed by atoms with E-state index in [-0.39, 0.29) is 11.5 Å². The summed E-state index contributed by atoms with van der Waals surface area (Å²) in [7, 11) is -3.40. The van der Waals surface area contributed by atoms with Crippen LogP contribution in [0.1, 0.15) is 50.3 Å². The first kappa shape index (κ1) is 19.5. The highest BCUT2D eigenvalue weighted by atomic mass is 32.2. The Kier molecular flexibility index (Phi) is 5.26. The molecule has 3 rings (SSSR count). The lowest BCUT2D eigenvalue weighted by atomic mass is 9.96. The van der Waals surface area contributed by atoms with Crippen molar-refractivity contribution < 1.29 is 12.9 Å². The Hall–Kier alpha value is -1.29. The van der Waals surface area contributed by atoms with Crippen LogP contribution >= 0.6 is 11.3 Å². The summed E-state index contributed by atoms with van der Waals surface area (Å²) < 4.78 is 32.9. The Morgan fingerprint density at radius 1 is 1.19 bits per heavy atom. The molecule has 26 heavy (non-hydrogen) atoms. The molecule has 0 bridgehead atoms. The lowest BCUT2D eigenvalue weighted by Gasteiger charge is -2.35. The predicted molar refractivity (Wildman–Crippen MR) is 101 cm³/mol. The third-order valence-corrected chi connectivity index (χ3v) is 7.97. The first-order valence-corrected chi connectivity index (χ1v) is 11.0. The van der Waals surface area contributed by atoms with Crippen molar-refractivity contribution in [2.75, 3.05) is 26.2 Å². The van der Waals surface area contributed by atoms with Gasteiger partial charge in [0.15, 0.2) is 5.82 Å². The Labute approximate surface area is 159 Å². The molecule has 1 aliphatic heterocycles. The fourth-order valence-electron chi connectivity index (χ4n) is 2.87. The van der Waals surface area contributed by atoms with Crippen molar-refractivity contribution in [2.45, 2.75) is 50.3 Å². The van der Waals surface area contributed by atoms with Gasteiger partial charge in [0.25, 0.3) is 10.0 Å². The van der Waals surface area contributed by atoms with Gasteiger partial charge in [-0.2, -0.15) is 9.29 Å². The number of hydrogen-bond acceptors (Lipinski definition) is 7. The summed E-state index contributed by atoms with van der Waals surface area (Å²) in [4.78, 5) is 7.71. The molecule has 0 N–H and O–H groups in total. The number of hydrogen-bond donors (Lipinski definition) is 0. The molecule has 1 aliphatic rings. The molecule has 1 fully saturated rings. The molecule has 1 unspecified atom stereocenters. The van der Waals surface area contributed by atoms with E-state index >= 15 is 0 Å². The Morgan fingerprint density at radius 3 is 2.35 bits per heavy atom. The van der Waals surface area contributed by atoms with Crippen LogP contribution in [0.5, 0.6) is 0 Å². The molecule has 1 saturated heterocycles. The number of piperazine rings is 1. The van der Waals surface area contributed by atoms with E-state index in [4.69, 9.17) is 4.52 Å². The highest BCUT2D eigenvalue weighted by Crippen LogP contribution is 2.28. The lowest BCUT2D eigenvalue weighted by molar-refractivity contribution is 0.124. The van der Waals surface area contributed by atoms with E-state index in [1.165, 1.54) is 11.3 Å². The second-order valence-electron chi connectivity index (χ2n) is 7.69. The molecule has 0 aromatic carbocycles. The van der Waals surface area contributed by atoms with Crippen molar-refractivity contribution in [3.63, 3.8) is 0 Å². The van der Waals surface area contributed by atoms with Crippen LogP contribution in [-0.2, 0) is 15.4 Å². The van der Waals surface area contributed by atoms with Gasteiger partial charge in [-0.05, 0) is 26.0 Å². The van der Waals surface area contributed by atoms with Crippen molar-refractivity contribution in [2.24, 2.45) is 0 Å². The van der Waals surface area contributed by atoms with Gasteiger partial charge < -0.3 is 4.52 Å². The minimum Gasteiger partial charge on any atom is -0.338 e. The van der Waals surface area contributed by atoms with E-state index in [0.29, 0.717) is 42.1 Å². The molecule has 144 valence electrons. The topological polar surface area (TPSA) is 79.5 Å². The molecule has 3 heterocycles. The number of nitrogens with zero attached hydrogens (tertiary/aromatic N) is 4. The van der Waals surface area contributed by atoms with Gasteiger partial charge in [-0.1, -0.05) is 25.9 Å². The van der Waals surface area contributed by atoms with E-state index < -0.39 is 10.0 Å². The van der Waals surface area contributed by atoms with Crippen LogP contribution < -0.4 is 0 Å². The summed E-state index contributed by atoms with van der Waals surface area (Å²) in [5.41, 5.74) is -0.160. The summed E-state index contributed by atoms with van der Waals surface area (Å²) in [5.74, 6) is 1.27. The highest BCUT2D eigenvalue weighted by molar-refractivity contribution is 7.91. The van der Waals surface area contributed by atoms with Gasteiger partial charge in [-0.3, -0.25) is 4.90 Å². The van der Waals surface area contributed by atoms with Gasteiger partial charge in [-0.25, -0.2) is 8.42 Å². The number of aryl methyl sites for hydroxylation is 1. The molecular formula is C17H26N4O3S2. The normalized spacial score (nSPS) is 19.0. The molecule has 7 nitrogen and oxygen atoms in total. The molecule has 9 heteroatoms. The van der Waals surface area contributed by atoms with Gasteiger partial charge in [-0.15, -0.1) is 11.3 Å². The minimum absolute atomic E-state index is 0.0348. The molecule has 1 atom stereocenters. The van der Waals surface area contributed by atoms with Crippen molar-refractivity contribution in [1.82, 2.24) is 19.3 Å². The molecule has 0 radical (unpaired) electrons. The zero-order valence-corrected chi connectivity index (χ0v) is 17.5. The first-order chi connectivity index (χ1) is 12.1. The van der Waals surface area contributed by atoms with Gasteiger partial charge in [0.05, 0.1) is 6.04 Å². The Bertz CT molecular complexity index is 859. The van der Waals surface area contributed by atoms with Crippen LogP contribution in [0.2, 0.25) is 0 Å². The van der Waals surface area contributed by atoms with E-state index in [1.807, 2.05) is 40.7 Å². The summed E-state index contributed by atoms with van der Waals surface area (Å²) in [6.07, 6.45) is 0. The van der Waals surface area contributed by atoms with Crippen molar-refractivity contribution >= 4 is 21.4 Å². The minimum atomic E-state index is -3.40. The third-order valence-electron chi connectivity index (χ3n) is 4.60. The van der Waals surface area contributed by atoms with E-state index in [2.05, 4.69) is 15.0 Å². The molecule has 2 aromatic rings. The highest BCUT2D eigenvalue weighted by Gasteiger charge is 2.33. The van der Waals surface area contributed by atoms with E-state index in [1.54, 1.807) is 10.4 Å². The van der Waals surface area contributed by atoms with E-state index in [0.717, 1.165) is 4.88 Å². The third kappa shape index (κ3) is 3.85. The van der Waals surface area contributed by atoms with Crippen molar-refractivity contribution in [3.8, 4) is 0 Å². The molecule has 0 amide bonds. The Morgan fingerprint density at radius 2 is 1.85 bits per heavy atom. The zero-order chi connectivity index (χ0) is 19.1. The van der Waals surface area contributed by atoms with Crippen LogP contribution in [0.15, 0.2) is 20.9 Å². The summed E-state index contributed by atoms with van der Waals surface area (Å²) >= 11 is 1.32. The molecule has 0 spiro atoms. The van der Waals surface area contributed by atoms with Crippen LogP contribution in [-0.4, -0.2) is 53.9 Å². The van der Waals surface area contributed by atoms with Crippen molar-refractivity contribution in [3.05, 3.63) is 28.7 Å². The monoisotopic (exact) mass is 398 g/mol. The maximum atomic E-state index is 12.7. The van der Waals surface area contributed by atoms with Gasteiger partial charge in [0, 0.05) is 36.5 Å². The Balaban J connectivity index is 1.65. The van der Waals surface area contributed by atoms with Crippen LogP contribution in [0.3, 0.4) is 0 Å². The maximum absolute atomic E-state index is 12.7. The predicted octanol–water partition coefficient (Wildman–Crippen LogP) is 2.80. The standard InChI is InChI=1S/C17H26N4O3S2/c1-12-6-7-14(25-12)26(22,23)21-10-8-20(9-11-21)13(2)15-18-16(19-24-15)17(3,4)5/h6-7,13H,8-11H2,1-5H3. The van der Waals surface area contributed by atoms with Crippen LogP contribution in [0.4, 0.5) is 0 Å². The van der Waals surface area contributed by atoms with Gasteiger partial charge in [0.2, 0.25) is 5.89 Å². The number of thiophene rings is 1. The second kappa shape index (κ2) is 7.03. The fraction of sp³-hybridized carbons (Fsp3) is 0.647. The number of aromatic nitrogens is 2. The first-order valence-electron chi connectivity index (χ1n) is 8.74. The smallest absolute Gasteiger partial charge is 0.252 e. The van der Waals surface area contributed by atoms with E-state index in [9.17, 15) is 8.42 Å². The average molecular weight is 399 g/mol. The number of sulfonamides is 1. The summed E-state index contributed by atoms with van der Waals surface area (Å²) in [6, 6.07) is 3.50. The van der Waals surface area contributed by atoms with Crippen molar-refractivity contribution in [1.29, 1.82) is 0 Å². The SMILES string of the molecule is Cc1ccc(S(=O)(=O)N2CCN(C(C)c3nc(C(C)(C)C)no3)CC2)s1. The van der Waals surface area contributed by atoms with Crippen LogP contribution in [0.25, 0.3) is 0 Å². The maximum Gasteiger partial charge on any atom is 0.252 e. The lowest BCUT2D eigenvalue weighted by Crippen LogP contribution is -2.49.